The summed E-state index contributed by atoms with van der Waals surface area (Å²) < 4.78 is 6.14. The van der Waals surface area contributed by atoms with Crippen LogP contribution >= 0.6 is 0 Å². The minimum absolute atomic E-state index is 0.202. The fourth-order valence-corrected chi connectivity index (χ4v) is 2.90. The van der Waals surface area contributed by atoms with Gasteiger partial charge in [-0.15, -0.1) is 0 Å². The number of aromatic nitrogens is 2. The zero-order valence-electron chi connectivity index (χ0n) is 15.1. The molecule has 0 fully saturated rings. The van der Waals surface area contributed by atoms with Gasteiger partial charge in [-0.2, -0.15) is 4.98 Å². The molecule has 0 amide bonds. The molecule has 4 N–H and O–H groups in total. The van der Waals surface area contributed by atoms with Gasteiger partial charge in [0.05, 0.1) is 12.3 Å². The van der Waals surface area contributed by atoms with Crippen molar-refractivity contribution in [3.8, 4) is 0 Å². The molecule has 2 aromatic rings. The third kappa shape index (κ3) is 4.00. The van der Waals surface area contributed by atoms with E-state index in [1.165, 1.54) is 0 Å². The molecule has 5 nitrogen and oxygen atoms in total. The Hall–Kier alpha value is -2.92. The fraction of sp³-hybridized carbons (Fsp3) is 0.238. The van der Waals surface area contributed by atoms with Gasteiger partial charge in [-0.3, -0.25) is 0 Å². The van der Waals surface area contributed by atoms with Gasteiger partial charge in [0.15, 0.2) is 0 Å². The highest BCUT2D eigenvalue weighted by Gasteiger charge is 2.21. The van der Waals surface area contributed by atoms with Gasteiger partial charge in [0.2, 0.25) is 5.95 Å². The van der Waals surface area contributed by atoms with Crippen LogP contribution in [0.4, 0.5) is 11.8 Å². The van der Waals surface area contributed by atoms with Gasteiger partial charge in [0.1, 0.15) is 11.4 Å². The van der Waals surface area contributed by atoms with E-state index < -0.39 is 5.60 Å². The molecule has 26 heavy (non-hydrogen) atoms. The lowest BCUT2D eigenvalue weighted by atomic mass is 10.0. The van der Waals surface area contributed by atoms with E-state index in [1.54, 1.807) is 0 Å². The predicted molar refractivity (Wildman–Crippen MR) is 106 cm³/mol. The molecular weight excluding hydrogens is 324 g/mol. The first-order chi connectivity index (χ1) is 12.5. The van der Waals surface area contributed by atoms with Gasteiger partial charge in [-0.25, -0.2) is 4.98 Å². The van der Waals surface area contributed by atoms with Crippen molar-refractivity contribution in [3.05, 3.63) is 77.5 Å². The molecule has 0 radical (unpaired) electrons. The van der Waals surface area contributed by atoms with Crippen molar-refractivity contribution in [2.75, 3.05) is 11.5 Å². The average molecular weight is 348 g/mol. The van der Waals surface area contributed by atoms with Crippen molar-refractivity contribution in [1.82, 2.24) is 9.97 Å². The van der Waals surface area contributed by atoms with Crippen LogP contribution in [0.25, 0.3) is 5.57 Å². The maximum absolute atomic E-state index is 6.14. The Morgan fingerprint density at radius 2 is 1.85 bits per heavy atom. The number of ether oxygens (including phenoxy) is 1. The van der Waals surface area contributed by atoms with Gasteiger partial charge in [0.25, 0.3) is 0 Å². The van der Waals surface area contributed by atoms with Crippen LogP contribution in [0.2, 0.25) is 0 Å². The maximum atomic E-state index is 6.14. The van der Waals surface area contributed by atoms with Crippen LogP contribution in [-0.4, -0.2) is 15.6 Å². The predicted octanol–water partition coefficient (Wildman–Crippen LogP) is 3.69. The lowest BCUT2D eigenvalue weighted by molar-refractivity contribution is 0.0285. The molecule has 1 aliphatic carbocycles. The molecule has 0 bridgehead atoms. The first-order valence-electron chi connectivity index (χ1n) is 8.69. The highest BCUT2D eigenvalue weighted by atomic mass is 16.5. The Morgan fingerprint density at radius 3 is 2.58 bits per heavy atom. The molecule has 0 aliphatic heterocycles. The number of allylic oxidation sites excluding steroid dienone is 4. The summed E-state index contributed by atoms with van der Waals surface area (Å²) in [4.78, 5) is 8.44. The zero-order valence-corrected chi connectivity index (χ0v) is 15.1. The molecule has 1 aromatic carbocycles. The molecule has 0 saturated heterocycles. The Bertz CT molecular complexity index is 871. The zero-order chi connectivity index (χ0) is 18.6. The van der Waals surface area contributed by atoms with Crippen LogP contribution in [0.3, 0.4) is 0 Å². The fourth-order valence-electron chi connectivity index (χ4n) is 2.90. The van der Waals surface area contributed by atoms with Crippen molar-refractivity contribution in [2.45, 2.75) is 32.5 Å². The number of anilines is 2. The summed E-state index contributed by atoms with van der Waals surface area (Å²) in [5.41, 5.74) is 15.1. The normalized spacial score (nSPS) is 19.2. The van der Waals surface area contributed by atoms with Crippen molar-refractivity contribution in [3.63, 3.8) is 0 Å². The Labute approximate surface area is 154 Å². The van der Waals surface area contributed by atoms with Crippen molar-refractivity contribution in [1.29, 1.82) is 0 Å². The average Bonchev–Trinajstić information content (AvgIpc) is 2.82. The molecule has 1 unspecified atom stereocenters. The third-order valence-corrected chi connectivity index (χ3v) is 4.34. The Kier molecular flexibility index (Phi) is 5.19. The number of benzene rings is 1. The first kappa shape index (κ1) is 17.9. The van der Waals surface area contributed by atoms with Crippen LogP contribution in [0.5, 0.6) is 0 Å². The highest BCUT2D eigenvalue weighted by Crippen LogP contribution is 2.29. The van der Waals surface area contributed by atoms with Gasteiger partial charge >= 0.3 is 0 Å². The highest BCUT2D eigenvalue weighted by molar-refractivity contribution is 5.83. The number of rotatable bonds is 5. The smallest absolute Gasteiger partial charge is 0.222 e. The summed E-state index contributed by atoms with van der Waals surface area (Å²) in [5.74, 6) is 0.598. The number of hydrogen-bond acceptors (Lipinski definition) is 5. The van der Waals surface area contributed by atoms with Crippen molar-refractivity contribution in [2.24, 2.45) is 0 Å². The number of nitrogens with zero attached hydrogens (tertiary/aromatic N) is 2. The Balaban J connectivity index is 1.83. The van der Waals surface area contributed by atoms with Crippen LogP contribution in [0, 0.1) is 0 Å². The van der Waals surface area contributed by atoms with E-state index >= 15 is 0 Å². The summed E-state index contributed by atoms with van der Waals surface area (Å²) in [6, 6.07) is 10.1. The standard InChI is InChI=1S/C21H24N4O/c1-3-17-18(19(22)25-20(23)24-17)16-10-7-12-21(2,13-11-16)26-14-15-8-5-4-6-9-15/h4-13H,3,14H2,1-2H3,(H4,22,23,24,25). The van der Waals surface area contributed by atoms with Gasteiger partial charge < -0.3 is 16.2 Å². The van der Waals surface area contributed by atoms with E-state index in [9.17, 15) is 0 Å². The quantitative estimate of drug-likeness (QED) is 0.860. The third-order valence-electron chi connectivity index (χ3n) is 4.34. The number of nitrogen functional groups attached to an aromatic ring is 2. The van der Waals surface area contributed by atoms with Gasteiger partial charge in [-0.1, -0.05) is 55.5 Å². The summed E-state index contributed by atoms with van der Waals surface area (Å²) in [6.07, 6.45) is 10.8. The summed E-state index contributed by atoms with van der Waals surface area (Å²) in [6.45, 7) is 4.59. The number of nitrogens with two attached hydrogens (primary N) is 2. The van der Waals surface area contributed by atoms with Crippen LogP contribution in [0.15, 0.2) is 60.7 Å². The largest absolute Gasteiger partial charge is 0.383 e. The second-order valence-electron chi connectivity index (χ2n) is 6.41. The lowest BCUT2D eigenvalue weighted by Crippen LogP contribution is -2.22. The molecule has 134 valence electrons. The van der Waals surface area contributed by atoms with E-state index in [4.69, 9.17) is 16.2 Å². The first-order valence-corrected chi connectivity index (χ1v) is 8.69. The molecule has 0 spiro atoms. The minimum atomic E-state index is -0.510. The van der Waals surface area contributed by atoms with Gasteiger partial charge in [-0.05, 0) is 36.6 Å². The molecule has 1 aromatic heterocycles. The van der Waals surface area contributed by atoms with Crippen molar-refractivity contribution < 1.29 is 4.74 Å². The summed E-state index contributed by atoms with van der Waals surface area (Å²) in [7, 11) is 0. The summed E-state index contributed by atoms with van der Waals surface area (Å²) in [5, 5.41) is 0. The van der Waals surface area contributed by atoms with E-state index in [1.807, 2.05) is 62.4 Å². The van der Waals surface area contributed by atoms with Crippen molar-refractivity contribution >= 4 is 17.3 Å². The topological polar surface area (TPSA) is 87.0 Å². The molecule has 5 heteroatoms. The number of hydrogen-bond donors (Lipinski definition) is 2. The molecule has 1 aliphatic rings. The molecule has 0 saturated carbocycles. The summed E-state index contributed by atoms with van der Waals surface area (Å²) >= 11 is 0. The van der Waals surface area contributed by atoms with Crippen LogP contribution in [-0.2, 0) is 17.8 Å². The van der Waals surface area contributed by atoms with E-state index in [2.05, 4.69) is 22.1 Å². The number of aryl methyl sites for hydroxylation is 1. The maximum Gasteiger partial charge on any atom is 0.222 e. The van der Waals surface area contributed by atoms with Crippen LogP contribution < -0.4 is 11.5 Å². The second-order valence-corrected chi connectivity index (χ2v) is 6.41. The van der Waals surface area contributed by atoms with Crippen LogP contribution in [0.1, 0.15) is 30.7 Å². The van der Waals surface area contributed by atoms with E-state index in [-0.39, 0.29) is 5.95 Å². The molecule has 1 heterocycles. The molecular formula is C21H24N4O. The minimum Gasteiger partial charge on any atom is -0.383 e. The SMILES string of the molecule is CCc1nc(N)nc(N)c1C1=CC=CC(C)(OCc2ccccc2)C=C1. The van der Waals surface area contributed by atoms with E-state index in [0.29, 0.717) is 12.4 Å². The molecule has 3 rings (SSSR count). The van der Waals surface area contributed by atoms with E-state index in [0.717, 1.165) is 28.8 Å². The Morgan fingerprint density at radius 1 is 1.08 bits per heavy atom. The lowest BCUT2D eigenvalue weighted by Gasteiger charge is -2.22. The monoisotopic (exact) mass is 348 g/mol. The second kappa shape index (κ2) is 7.54. The molecule has 1 atom stereocenters. The van der Waals surface area contributed by atoms with Gasteiger partial charge in [0, 0.05) is 5.56 Å².